The Kier molecular flexibility index (Phi) is 4.80. The molecule has 10 nitrogen and oxygen atoms in total. The van der Waals surface area contributed by atoms with Crippen LogP contribution in [0, 0.1) is 0 Å². The van der Waals surface area contributed by atoms with Crippen LogP contribution in [0.25, 0.3) is 6.08 Å². The lowest BCUT2D eigenvalue weighted by atomic mass is 10.1. The maximum atomic E-state index is 12.5. The van der Waals surface area contributed by atoms with Gasteiger partial charge in [-0.05, 0) is 35.9 Å². The zero-order valence-electron chi connectivity index (χ0n) is 15.4. The highest BCUT2D eigenvalue weighted by atomic mass is 16.7. The minimum absolute atomic E-state index is 0.0149. The third-order valence-electron chi connectivity index (χ3n) is 4.39. The van der Waals surface area contributed by atoms with Gasteiger partial charge in [-0.2, -0.15) is 0 Å². The number of rotatable bonds is 5. The third-order valence-corrected chi connectivity index (χ3v) is 4.39. The van der Waals surface area contributed by atoms with Gasteiger partial charge in [-0.1, -0.05) is 12.1 Å². The summed E-state index contributed by atoms with van der Waals surface area (Å²) < 4.78 is 10.4. The van der Waals surface area contributed by atoms with Crippen molar-refractivity contribution in [1.29, 1.82) is 0 Å². The van der Waals surface area contributed by atoms with Gasteiger partial charge in [-0.25, -0.2) is 14.5 Å². The van der Waals surface area contributed by atoms with Crippen LogP contribution in [0.4, 0.5) is 10.5 Å². The fourth-order valence-electron chi connectivity index (χ4n) is 2.92. The lowest BCUT2D eigenvalue weighted by Gasteiger charge is -2.12. The molecular weight excluding hydrogens is 394 g/mol. The predicted molar refractivity (Wildman–Crippen MR) is 103 cm³/mol. The van der Waals surface area contributed by atoms with Gasteiger partial charge in [0.25, 0.3) is 5.91 Å². The Bertz CT molecular complexity index is 1090. The standard InChI is InChI=1S/C20H15N3O7/c24-17(21-13-5-6-15-16(8-13)30-10-29-15)9-23-18(25)14(22-20(23)28)7-11-1-3-12(4-2-11)19(26)27/h1-8H,9-10H2,(H,21,24)(H,22,28)(H,26,27)/b14-7+. The molecule has 152 valence electrons. The van der Waals surface area contributed by atoms with Gasteiger partial charge in [0, 0.05) is 11.8 Å². The fraction of sp³-hybridized carbons (Fsp3) is 0.100. The number of aromatic carboxylic acids is 1. The summed E-state index contributed by atoms with van der Waals surface area (Å²) in [4.78, 5) is 48.6. The average molecular weight is 409 g/mol. The number of carboxylic acids is 1. The third kappa shape index (κ3) is 3.78. The van der Waals surface area contributed by atoms with Gasteiger partial charge in [0.05, 0.1) is 5.56 Å². The Morgan fingerprint density at radius 2 is 1.83 bits per heavy atom. The monoisotopic (exact) mass is 409 g/mol. The van der Waals surface area contributed by atoms with Crippen LogP contribution >= 0.6 is 0 Å². The van der Waals surface area contributed by atoms with Crippen molar-refractivity contribution in [2.24, 2.45) is 0 Å². The van der Waals surface area contributed by atoms with Crippen molar-refractivity contribution in [3.05, 3.63) is 59.3 Å². The molecule has 1 saturated heterocycles. The molecule has 10 heteroatoms. The van der Waals surface area contributed by atoms with Crippen LogP contribution in [0.2, 0.25) is 0 Å². The first-order chi connectivity index (χ1) is 14.4. The lowest BCUT2D eigenvalue weighted by molar-refractivity contribution is -0.127. The number of carbonyl (C=O) groups is 4. The van der Waals surface area contributed by atoms with Crippen LogP contribution in [-0.4, -0.2) is 47.2 Å². The number of nitrogens with zero attached hydrogens (tertiary/aromatic N) is 1. The van der Waals surface area contributed by atoms with E-state index >= 15 is 0 Å². The summed E-state index contributed by atoms with van der Waals surface area (Å²) >= 11 is 0. The Hall–Kier alpha value is -4.34. The van der Waals surface area contributed by atoms with E-state index in [0.29, 0.717) is 22.7 Å². The molecule has 2 aromatic carbocycles. The highest BCUT2D eigenvalue weighted by molar-refractivity contribution is 6.16. The molecule has 4 amide bonds. The minimum Gasteiger partial charge on any atom is -0.478 e. The molecule has 0 aliphatic carbocycles. The molecule has 2 heterocycles. The van der Waals surface area contributed by atoms with Crippen molar-refractivity contribution in [2.45, 2.75) is 0 Å². The Balaban J connectivity index is 1.42. The van der Waals surface area contributed by atoms with Crippen molar-refractivity contribution >= 4 is 35.6 Å². The maximum Gasteiger partial charge on any atom is 0.335 e. The highest BCUT2D eigenvalue weighted by Gasteiger charge is 2.35. The second kappa shape index (κ2) is 7.59. The fourth-order valence-corrected chi connectivity index (χ4v) is 2.92. The van der Waals surface area contributed by atoms with Crippen molar-refractivity contribution < 1.29 is 33.8 Å². The number of hydrogen-bond acceptors (Lipinski definition) is 6. The number of anilines is 1. The first kappa shape index (κ1) is 19.0. The number of hydrogen-bond donors (Lipinski definition) is 3. The molecule has 2 aliphatic rings. The molecule has 2 aromatic rings. The molecule has 1 fully saturated rings. The molecule has 0 saturated carbocycles. The Morgan fingerprint density at radius 3 is 2.57 bits per heavy atom. The highest BCUT2D eigenvalue weighted by Crippen LogP contribution is 2.34. The number of nitrogens with one attached hydrogen (secondary N) is 2. The minimum atomic E-state index is -1.07. The van der Waals surface area contributed by atoms with E-state index in [2.05, 4.69) is 10.6 Å². The number of urea groups is 1. The van der Waals surface area contributed by atoms with Gasteiger partial charge in [-0.3, -0.25) is 9.59 Å². The van der Waals surface area contributed by atoms with Gasteiger partial charge < -0.3 is 25.2 Å². The van der Waals surface area contributed by atoms with E-state index < -0.39 is 30.4 Å². The molecule has 0 radical (unpaired) electrons. The maximum absolute atomic E-state index is 12.5. The van der Waals surface area contributed by atoms with Crippen LogP contribution in [0.1, 0.15) is 15.9 Å². The molecule has 0 spiro atoms. The van der Waals surface area contributed by atoms with E-state index in [0.717, 1.165) is 4.90 Å². The summed E-state index contributed by atoms with van der Waals surface area (Å²) in [6.45, 7) is -0.377. The Labute approximate surface area is 169 Å². The molecule has 2 aliphatic heterocycles. The number of carboxylic acid groups (broad SMARTS) is 1. The topological polar surface area (TPSA) is 134 Å². The van der Waals surface area contributed by atoms with E-state index in [1.165, 1.54) is 30.3 Å². The second-order valence-corrected chi connectivity index (χ2v) is 6.42. The molecule has 0 aromatic heterocycles. The molecular formula is C20H15N3O7. The van der Waals surface area contributed by atoms with E-state index in [4.69, 9.17) is 14.6 Å². The lowest BCUT2D eigenvalue weighted by Crippen LogP contribution is -2.38. The summed E-state index contributed by atoms with van der Waals surface area (Å²) in [5.41, 5.74) is 1.04. The zero-order valence-corrected chi connectivity index (χ0v) is 15.4. The van der Waals surface area contributed by atoms with E-state index in [-0.39, 0.29) is 18.1 Å². The molecule has 0 atom stereocenters. The number of imide groups is 1. The van der Waals surface area contributed by atoms with Gasteiger partial charge >= 0.3 is 12.0 Å². The number of amides is 4. The number of ether oxygens (including phenoxy) is 2. The quantitative estimate of drug-likeness (QED) is 0.505. The van der Waals surface area contributed by atoms with Crippen LogP contribution < -0.4 is 20.1 Å². The summed E-state index contributed by atoms with van der Waals surface area (Å²) in [6, 6.07) is 9.88. The number of carbonyl (C=O) groups excluding carboxylic acids is 3. The van der Waals surface area contributed by atoms with Gasteiger partial charge in [-0.15, -0.1) is 0 Å². The van der Waals surface area contributed by atoms with Crippen molar-refractivity contribution in [1.82, 2.24) is 10.2 Å². The van der Waals surface area contributed by atoms with Gasteiger partial charge in [0.15, 0.2) is 11.5 Å². The Morgan fingerprint density at radius 1 is 1.10 bits per heavy atom. The van der Waals surface area contributed by atoms with E-state index in [9.17, 15) is 19.2 Å². The van der Waals surface area contributed by atoms with Crippen molar-refractivity contribution in [2.75, 3.05) is 18.7 Å². The summed E-state index contributed by atoms with van der Waals surface area (Å²) in [6.07, 6.45) is 1.40. The van der Waals surface area contributed by atoms with Gasteiger partial charge in [0.1, 0.15) is 12.2 Å². The number of benzene rings is 2. The molecule has 0 unspecified atom stereocenters. The first-order valence-electron chi connectivity index (χ1n) is 8.78. The molecule has 4 rings (SSSR count). The molecule has 0 bridgehead atoms. The van der Waals surface area contributed by atoms with Crippen molar-refractivity contribution in [3.8, 4) is 11.5 Å². The van der Waals surface area contributed by atoms with Crippen molar-refractivity contribution in [3.63, 3.8) is 0 Å². The van der Waals surface area contributed by atoms with Crippen LogP contribution in [0.3, 0.4) is 0 Å². The van der Waals surface area contributed by atoms with Crippen LogP contribution in [0.15, 0.2) is 48.2 Å². The largest absolute Gasteiger partial charge is 0.478 e. The second-order valence-electron chi connectivity index (χ2n) is 6.42. The normalized spacial score (nSPS) is 16.0. The van der Waals surface area contributed by atoms with Gasteiger partial charge in [0.2, 0.25) is 12.7 Å². The molecule has 3 N–H and O–H groups in total. The predicted octanol–water partition coefficient (Wildman–Crippen LogP) is 1.64. The van der Waals surface area contributed by atoms with Crippen LogP contribution in [-0.2, 0) is 9.59 Å². The average Bonchev–Trinajstić information content (AvgIpc) is 3.28. The smallest absolute Gasteiger partial charge is 0.335 e. The summed E-state index contributed by atoms with van der Waals surface area (Å²) in [5.74, 6) is -1.25. The van der Waals surface area contributed by atoms with E-state index in [1.807, 2.05) is 0 Å². The number of fused-ring (bicyclic) bond motifs is 1. The molecule has 30 heavy (non-hydrogen) atoms. The van der Waals surface area contributed by atoms with E-state index in [1.54, 1.807) is 18.2 Å². The van der Waals surface area contributed by atoms with Crippen LogP contribution in [0.5, 0.6) is 11.5 Å². The summed E-state index contributed by atoms with van der Waals surface area (Å²) in [5, 5.41) is 13.9. The summed E-state index contributed by atoms with van der Waals surface area (Å²) in [7, 11) is 0. The SMILES string of the molecule is O=C(CN1C(=O)N/C(=C/c2ccc(C(=O)O)cc2)C1=O)Nc1ccc2c(c1)OCO2. The zero-order chi connectivity index (χ0) is 21.3. The first-order valence-corrected chi connectivity index (χ1v) is 8.78.